The number of carbonyl (C=O) groups excluding carboxylic acids is 1. The second-order valence-corrected chi connectivity index (χ2v) is 8.11. The highest BCUT2D eigenvalue weighted by Gasteiger charge is 2.23. The molecule has 0 aliphatic rings. The van der Waals surface area contributed by atoms with Gasteiger partial charge in [-0.2, -0.15) is 0 Å². The van der Waals surface area contributed by atoms with Gasteiger partial charge in [-0.1, -0.05) is 40.9 Å². The van der Waals surface area contributed by atoms with Crippen molar-refractivity contribution in [2.75, 3.05) is 13.6 Å². The van der Waals surface area contributed by atoms with E-state index in [0.29, 0.717) is 11.0 Å². The Bertz CT molecular complexity index is 619. The van der Waals surface area contributed by atoms with Crippen LogP contribution < -0.4 is 0 Å². The van der Waals surface area contributed by atoms with Crippen molar-refractivity contribution in [2.24, 2.45) is 0 Å². The number of hydrogen-bond acceptors (Lipinski definition) is 3. The van der Waals surface area contributed by atoms with E-state index in [1.807, 2.05) is 6.92 Å². The van der Waals surface area contributed by atoms with Gasteiger partial charge in [0.1, 0.15) is 4.90 Å². The monoisotopic (exact) mass is 401 g/mol. The molecule has 0 aliphatic carbocycles. The van der Waals surface area contributed by atoms with Gasteiger partial charge in [-0.05, 0) is 18.6 Å². The fourth-order valence-corrected chi connectivity index (χ4v) is 3.78. The molecule has 0 heterocycles. The normalized spacial score (nSPS) is 11.4. The Morgan fingerprint density at radius 1 is 1.40 bits per heavy atom. The van der Waals surface area contributed by atoms with E-state index < -0.39 is 9.05 Å². The van der Waals surface area contributed by atoms with E-state index in [2.05, 4.69) is 15.9 Å². The summed E-state index contributed by atoms with van der Waals surface area (Å²) < 4.78 is 23.3. The number of rotatable bonds is 5. The zero-order valence-electron chi connectivity index (χ0n) is 11.0. The predicted octanol–water partition coefficient (Wildman–Crippen LogP) is 3.90. The van der Waals surface area contributed by atoms with E-state index in [1.165, 1.54) is 17.0 Å². The Balaban J connectivity index is 3.26. The predicted molar refractivity (Wildman–Crippen MR) is 84.1 cm³/mol. The Labute approximate surface area is 136 Å². The summed E-state index contributed by atoms with van der Waals surface area (Å²) in [5.41, 5.74) is 0.110. The Hall–Kier alpha value is -0.300. The van der Waals surface area contributed by atoms with Gasteiger partial charge in [0, 0.05) is 28.7 Å². The average Bonchev–Trinajstić information content (AvgIpc) is 2.36. The van der Waals surface area contributed by atoms with Crippen LogP contribution in [0, 0.1) is 0 Å². The number of amides is 1. The van der Waals surface area contributed by atoms with Crippen LogP contribution in [-0.2, 0) is 9.05 Å². The Morgan fingerprint density at radius 2 is 2.00 bits per heavy atom. The lowest BCUT2D eigenvalue weighted by Crippen LogP contribution is -2.28. The molecular weight excluding hydrogens is 389 g/mol. The summed E-state index contributed by atoms with van der Waals surface area (Å²) in [4.78, 5) is 13.5. The van der Waals surface area contributed by atoms with Crippen LogP contribution in [0.3, 0.4) is 0 Å². The minimum Gasteiger partial charge on any atom is -0.342 e. The summed E-state index contributed by atoms with van der Waals surface area (Å²) in [5.74, 6) is -0.341. The molecule has 8 heteroatoms. The fraction of sp³-hybridized carbons (Fsp3) is 0.417. The first-order valence-electron chi connectivity index (χ1n) is 5.87. The molecule has 0 saturated carbocycles. The van der Waals surface area contributed by atoms with Crippen LogP contribution in [0.1, 0.15) is 30.1 Å². The highest BCUT2D eigenvalue weighted by Crippen LogP contribution is 2.32. The second kappa shape index (κ2) is 7.11. The third kappa shape index (κ3) is 4.35. The van der Waals surface area contributed by atoms with Crippen LogP contribution in [0.15, 0.2) is 21.5 Å². The third-order valence-electron chi connectivity index (χ3n) is 2.69. The fourth-order valence-electron chi connectivity index (χ4n) is 1.60. The maximum atomic E-state index is 12.3. The van der Waals surface area contributed by atoms with Gasteiger partial charge < -0.3 is 4.90 Å². The van der Waals surface area contributed by atoms with Crippen LogP contribution in [0.25, 0.3) is 0 Å². The summed E-state index contributed by atoms with van der Waals surface area (Å²) in [6, 6.07) is 2.76. The number of hydrogen-bond donors (Lipinski definition) is 0. The maximum Gasteiger partial charge on any atom is 0.262 e. The number of halogens is 3. The van der Waals surface area contributed by atoms with E-state index >= 15 is 0 Å². The van der Waals surface area contributed by atoms with Gasteiger partial charge in [0.15, 0.2) is 0 Å². The number of nitrogens with zero attached hydrogens (tertiary/aromatic N) is 1. The highest BCUT2D eigenvalue weighted by molar-refractivity contribution is 9.10. The van der Waals surface area contributed by atoms with Gasteiger partial charge in [0.25, 0.3) is 15.0 Å². The van der Waals surface area contributed by atoms with Gasteiger partial charge in [-0.3, -0.25) is 4.79 Å². The van der Waals surface area contributed by atoms with Gasteiger partial charge in [-0.15, -0.1) is 0 Å². The summed E-state index contributed by atoms with van der Waals surface area (Å²) in [6.45, 7) is 2.59. The molecule has 1 rings (SSSR count). The quantitative estimate of drug-likeness (QED) is 0.701. The first-order valence-corrected chi connectivity index (χ1v) is 9.35. The van der Waals surface area contributed by atoms with Gasteiger partial charge in [0.2, 0.25) is 0 Å². The second-order valence-electron chi connectivity index (χ2n) is 4.28. The minimum atomic E-state index is -4.02. The molecule has 112 valence electrons. The van der Waals surface area contributed by atoms with E-state index in [9.17, 15) is 13.2 Å². The Morgan fingerprint density at radius 3 is 2.50 bits per heavy atom. The zero-order valence-corrected chi connectivity index (χ0v) is 14.9. The van der Waals surface area contributed by atoms with E-state index in [0.717, 1.165) is 12.8 Å². The van der Waals surface area contributed by atoms with Crippen molar-refractivity contribution in [2.45, 2.75) is 24.7 Å². The molecule has 0 unspecified atom stereocenters. The molecule has 0 spiro atoms. The highest BCUT2D eigenvalue weighted by atomic mass is 79.9. The lowest BCUT2D eigenvalue weighted by Gasteiger charge is -2.18. The first kappa shape index (κ1) is 17.8. The average molecular weight is 403 g/mol. The topological polar surface area (TPSA) is 54.5 Å². The number of unbranched alkanes of at least 4 members (excludes halogenated alkanes) is 1. The van der Waals surface area contributed by atoms with Crippen LogP contribution in [-0.4, -0.2) is 32.8 Å². The van der Waals surface area contributed by atoms with Crippen molar-refractivity contribution in [3.63, 3.8) is 0 Å². The standard InChI is InChI=1S/C12H14BrCl2NO3S/c1-3-4-5-16(2)12(17)9-6-8(13)7-10(11(9)14)20(15,18)19/h6-7H,3-5H2,1-2H3. The van der Waals surface area contributed by atoms with Crippen molar-refractivity contribution >= 4 is 53.2 Å². The van der Waals surface area contributed by atoms with Crippen molar-refractivity contribution in [3.8, 4) is 0 Å². The summed E-state index contributed by atoms with van der Waals surface area (Å²) >= 11 is 9.16. The lowest BCUT2D eigenvalue weighted by atomic mass is 10.2. The summed E-state index contributed by atoms with van der Waals surface area (Å²) in [5, 5.41) is -0.156. The number of carbonyl (C=O) groups is 1. The Kier molecular flexibility index (Phi) is 6.31. The van der Waals surface area contributed by atoms with Crippen molar-refractivity contribution in [3.05, 3.63) is 27.2 Å². The van der Waals surface area contributed by atoms with Crippen LogP contribution in [0.5, 0.6) is 0 Å². The SMILES string of the molecule is CCCCN(C)C(=O)c1cc(Br)cc(S(=O)(=O)Cl)c1Cl. The zero-order chi connectivity index (χ0) is 15.5. The van der Waals surface area contributed by atoms with Crippen LogP contribution in [0.2, 0.25) is 5.02 Å². The molecule has 0 N–H and O–H groups in total. The molecule has 0 bridgehead atoms. The first-order chi connectivity index (χ1) is 9.18. The van der Waals surface area contributed by atoms with Gasteiger partial charge in [-0.25, -0.2) is 8.42 Å². The van der Waals surface area contributed by atoms with Gasteiger partial charge in [0.05, 0.1) is 10.6 Å². The van der Waals surface area contributed by atoms with E-state index in [1.54, 1.807) is 7.05 Å². The maximum absolute atomic E-state index is 12.3. The molecule has 0 aliphatic heterocycles. The minimum absolute atomic E-state index is 0.110. The molecule has 0 radical (unpaired) electrons. The van der Waals surface area contributed by atoms with Crippen molar-refractivity contribution in [1.82, 2.24) is 4.90 Å². The largest absolute Gasteiger partial charge is 0.342 e. The molecule has 0 saturated heterocycles. The van der Waals surface area contributed by atoms with E-state index in [-0.39, 0.29) is 21.4 Å². The molecule has 0 fully saturated rings. The molecule has 1 aromatic rings. The summed E-state index contributed by atoms with van der Waals surface area (Å²) in [7, 11) is 2.95. The van der Waals surface area contributed by atoms with Crippen LogP contribution >= 0.6 is 38.2 Å². The lowest BCUT2D eigenvalue weighted by molar-refractivity contribution is 0.0793. The molecule has 0 atom stereocenters. The number of benzene rings is 1. The van der Waals surface area contributed by atoms with Crippen molar-refractivity contribution < 1.29 is 13.2 Å². The van der Waals surface area contributed by atoms with E-state index in [4.69, 9.17) is 22.3 Å². The van der Waals surface area contributed by atoms with Gasteiger partial charge >= 0.3 is 0 Å². The molecule has 20 heavy (non-hydrogen) atoms. The van der Waals surface area contributed by atoms with Crippen LogP contribution in [0.4, 0.5) is 0 Å². The molecule has 1 aromatic carbocycles. The summed E-state index contributed by atoms with van der Waals surface area (Å²) in [6.07, 6.45) is 1.81. The van der Waals surface area contributed by atoms with Crippen molar-refractivity contribution in [1.29, 1.82) is 0 Å². The molecule has 1 amide bonds. The third-order valence-corrected chi connectivity index (χ3v) is 5.01. The smallest absolute Gasteiger partial charge is 0.262 e. The molecule has 0 aromatic heterocycles. The molecular formula is C12H14BrCl2NO3S. The molecule has 4 nitrogen and oxygen atoms in total.